The van der Waals surface area contributed by atoms with E-state index in [2.05, 4.69) is 0 Å². The molecule has 3 rings (SSSR count). The first-order chi connectivity index (χ1) is 8.56. The Kier molecular flexibility index (Phi) is 2.43. The SMILES string of the molecule is Nc1cc(F)c(N2C[C@H]3CC[C@@H]2C3)cc1C(=O)O. The third-order valence-corrected chi connectivity index (χ3v) is 4.07. The minimum Gasteiger partial charge on any atom is -0.478 e. The van der Waals surface area contributed by atoms with Gasteiger partial charge in [0.2, 0.25) is 0 Å². The molecule has 2 fully saturated rings. The van der Waals surface area contributed by atoms with Crippen molar-refractivity contribution in [2.24, 2.45) is 5.92 Å². The van der Waals surface area contributed by atoms with Crippen LogP contribution in [0.4, 0.5) is 15.8 Å². The van der Waals surface area contributed by atoms with Gasteiger partial charge in [0.25, 0.3) is 0 Å². The summed E-state index contributed by atoms with van der Waals surface area (Å²) in [5, 5.41) is 9.03. The quantitative estimate of drug-likeness (QED) is 0.789. The smallest absolute Gasteiger partial charge is 0.337 e. The molecule has 1 aromatic rings. The van der Waals surface area contributed by atoms with E-state index in [0.717, 1.165) is 25.5 Å². The first-order valence-corrected chi connectivity index (χ1v) is 6.15. The van der Waals surface area contributed by atoms with E-state index < -0.39 is 11.8 Å². The lowest BCUT2D eigenvalue weighted by Gasteiger charge is -2.29. The standard InChI is InChI=1S/C13H15FN2O2/c14-10-5-11(15)9(13(17)18)4-12(10)16-6-7-1-2-8(16)3-7/h4-5,7-8H,1-3,6,15H2,(H,17,18)/t7-,8+/m0/s1. The maximum Gasteiger partial charge on any atom is 0.337 e. The Morgan fingerprint density at radius 3 is 2.78 bits per heavy atom. The van der Waals surface area contributed by atoms with Crippen LogP contribution in [-0.2, 0) is 0 Å². The number of carboxylic acid groups (broad SMARTS) is 1. The van der Waals surface area contributed by atoms with Crippen LogP contribution in [0.25, 0.3) is 0 Å². The number of carbonyl (C=O) groups is 1. The van der Waals surface area contributed by atoms with Gasteiger partial charge in [-0.3, -0.25) is 0 Å². The number of piperidine rings is 1. The van der Waals surface area contributed by atoms with E-state index in [9.17, 15) is 9.18 Å². The summed E-state index contributed by atoms with van der Waals surface area (Å²) >= 11 is 0. The Labute approximate surface area is 104 Å². The van der Waals surface area contributed by atoms with Crippen molar-refractivity contribution >= 4 is 17.3 Å². The summed E-state index contributed by atoms with van der Waals surface area (Å²) in [6.07, 6.45) is 3.35. The molecular weight excluding hydrogens is 235 g/mol. The molecule has 0 spiro atoms. The predicted molar refractivity (Wildman–Crippen MR) is 66.2 cm³/mol. The fraction of sp³-hybridized carbons (Fsp3) is 0.462. The van der Waals surface area contributed by atoms with E-state index >= 15 is 0 Å². The number of nitrogens with zero attached hydrogens (tertiary/aromatic N) is 1. The molecular formula is C13H15FN2O2. The third-order valence-electron chi connectivity index (χ3n) is 4.07. The van der Waals surface area contributed by atoms with Gasteiger partial charge in [-0.1, -0.05) is 0 Å². The van der Waals surface area contributed by atoms with Gasteiger partial charge >= 0.3 is 5.97 Å². The summed E-state index contributed by atoms with van der Waals surface area (Å²) < 4.78 is 14.0. The maximum absolute atomic E-state index is 14.0. The first-order valence-electron chi connectivity index (χ1n) is 6.15. The minimum absolute atomic E-state index is 0.0193. The van der Waals surface area contributed by atoms with E-state index in [1.165, 1.54) is 12.5 Å². The highest BCUT2D eigenvalue weighted by Gasteiger charge is 2.39. The second-order valence-electron chi connectivity index (χ2n) is 5.18. The lowest BCUT2D eigenvalue weighted by Crippen LogP contribution is -2.32. The van der Waals surface area contributed by atoms with E-state index in [1.807, 2.05) is 4.90 Å². The molecule has 1 aromatic carbocycles. The summed E-state index contributed by atoms with van der Waals surface area (Å²) in [6.45, 7) is 0.824. The van der Waals surface area contributed by atoms with E-state index in [4.69, 9.17) is 10.8 Å². The highest BCUT2D eigenvalue weighted by molar-refractivity contribution is 5.95. The van der Waals surface area contributed by atoms with Gasteiger partial charge in [-0.15, -0.1) is 0 Å². The fourth-order valence-corrected chi connectivity index (χ4v) is 3.20. The van der Waals surface area contributed by atoms with Gasteiger partial charge in [0.15, 0.2) is 0 Å². The fourth-order valence-electron chi connectivity index (χ4n) is 3.20. The number of carboxylic acids is 1. The molecule has 1 saturated carbocycles. The summed E-state index contributed by atoms with van der Waals surface area (Å²) in [7, 11) is 0. The number of benzene rings is 1. The van der Waals surface area contributed by atoms with Crippen LogP contribution < -0.4 is 10.6 Å². The normalized spacial score (nSPS) is 25.7. The summed E-state index contributed by atoms with van der Waals surface area (Å²) in [4.78, 5) is 13.0. The van der Waals surface area contributed by atoms with Gasteiger partial charge < -0.3 is 15.7 Å². The van der Waals surface area contributed by atoms with Crippen LogP contribution >= 0.6 is 0 Å². The van der Waals surface area contributed by atoms with Crippen molar-refractivity contribution in [3.8, 4) is 0 Å². The lowest BCUT2D eigenvalue weighted by molar-refractivity contribution is 0.0698. The number of hydrogen-bond donors (Lipinski definition) is 2. The van der Waals surface area contributed by atoms with Crippen molar-refractivity contribution in [3.63, 3.8) is 0 Å². The number of nitrogen functional groups attached to an aromatic ring is 1. The van der Waals surface area contributed by atoms with Crippen LogP contribution in [-0.4, -0.2) is 23.7 Å². The zero-order valence-corrected chi connectivity index (χ0v) is 9.90. The van der Waals surface area contributed by atoms with Gasteiger partial charge in [-0.05, 0) is 37.3 Å². The van der Waals surface area contributed by atoms with Gasteiger partial charge in [0.1, 0.15) is 5.82 Å². The highest BCUT2D eigenvalue weighted by atomic mass is 19.1. The van der Waals surface area contributed by atoms with Crippen LogP contribution in [0.5, 0.6) is 0 Å². The molecule has 2 bridgehead atoms. The number of halogens is 1. The molecule has 2 aliphatic rings. The second-order valence-corrected chi connectivity index (χ2v) is 5.18. The van der Waals surface area contributed by atoms with Crippen LogP contribution in [0.1, 0.15) is 29.6 Å². The Morgan fingerprint density at radius 2 is 2.22 bits per heavy atom. The largest absolute Gasteiger partial charge is 0.478 e. The molecule has 96 valence electrons. The maximum atomic E-state index is 14.0. The predicted octanol–water partition coefficient (Wildman–Crippen LogP) is 2.09. The van der Waals surface area contributed by atoms with Crippen molar-refractivity contribution in [3.05, 3.63) is 23.5 Å². The first kappa shape index (κ1) is 11.3. The Bertz CT molecular complexity index is 518. The highest BCUT2D eigenvalue weighted by Crippen LogP contribution is 2.41. The van der Waals surface area contributed by atoms with E-state index in [-0.39, 0.29) is 11.3 Å². The Hall–Kier alpha value is -1.78. The zero-order valence-electron chi connectivity index (χ0n) is 9.90. The summed E-state index contributed by atoms with van der Waals surface area (Å²) in [5.41, 5.74) is 5.87. The van der Waals surface area contributed by atoms with Gasteiger partial charge in [-0.25, -0.2) is 9.18 Å². The second kappa shape index (κ2) is 3.86. The minimum atomic E-state index is -1.11. The molecule has 2 atom stereocenters. The topological polar surface area (TPSA) is 66.6 Å². The monoisotopic (exact) mass is 250 g/mol. The number of rotatable bonds is 2. The van der Waals surface area contributed by atoms with Gasteiger partial charge in [-0.2, -0.15) is 0 Å². The summed E-state index contributed by atoms with van der Waals surface area (Å²) in [5.74, 6) is -0.914. The molecule has 4 nitrogen and oxygen atoms in total. The molecule has 1 heterocycles. The number of aromatic carboxylic acids is 1. The molecule has 0 aromatic heterocycles. The molecule has 0 amide bonds. The average Bonchev–Trinajstić information content (AvgIpc) is 2.90. The molecule has 1 saturated heterocycles. The van der Waals surface area contributed by atoms with Gasteiger partial charge in [0.05, 0.1) is 11.3 Å². The van der Waals surface area contributed by atoms with E-state index in [1.54, 1.807) is 0 Å². The molecule has 1 aliphatic heterocycles. The van der Waals surface area contributed by atoms with Crippen molar-refractivity contribution < 1.29 is 14.3 Å². The average molecular weight is 250 g/mol. The van der Waals surface area contributed by atoms with Crippen molar-refractivity contribution in [2.75, 3.05) is 17.2 Å². The Balaban J connectivity index is 2.01. The number of fused-ring (bicyclic) bond motifs is 2. The molecule has 0 radical (unpaired) electrons. The molecule has 3 N–H and O–H groups in total. The van der Waals surface area contributed by atoms with Gasteiger partial charge in [0, 0.05) is 18.3 Å². The third kappa shape index (κ3) is 1.62. The van der Waals surface area contributed by atoms with Crippen molar-refractivity contribution in [1.29, 1.82) is 0 Å². The van der Waals surface area contributed by atoms with Crippen LogP contribution in [0.3, 0.4) is 0 Å². The number of hydrogen-bond acceptors (Lipinski definition) is 3. The summed E-state index contributed by atoms with van der Waals surface area (Å²) in [6, 6.07) is 2.84. The number of anilines is 2. The molecule has 0 unspecified atom stereocenters. The van der Waals surface area contributed by atoms with E-state index in [0.29, 0.717) is 17.6 Å². The lowest BCUT2D eigenvalue weighted by atomic mass is 10.1. The zero-order chi connectivity index (χ0) is 12.9. The molecule has 18 heavy (non-hydrogen) atoms. The number of nitrogens with two attached hydrogens (primary N) is 1. The van der Waals surface area contributed by atoms with Crippen LogP contribution in [0, 0.1) is 11.7 Å². The van der Waals surface area contributed by atoms with Crippen molar-refractivity contribution in [2.45, 2.75) is 25.3 Å². The molecule has 1 aliphatic carbocycles. The van der Waals surface area contributed by atoms with Crippen molar-refractivity contribution in [1.82, 2.24) is 0 Å². The Morgan fingerprint density at radius 1 is 1.44 bits per heavy atom. The molecule has 5 heteroatoms. The van der Waals surface area contributed by atoms with Crippen LogP contribution in [0.2, 0.25) is 0 Å². The van der Waals surface area contributed by atoms with Crippen LogP contribution in [0.15, 0.2) is 12.1 Å².